The van der Waals surface area contributed by atoms with E-state index in [-0.39, 0.29) is 6.04 Å². The van der Waals surface area contributed by atoms with Crippen LogP contribution in [0.15, 0.2) is 29.6 Å². The van der Waals surface area contributed by atoms with Gasteiger partial charge in [-0.25, -0.2) is 0 Å². The van der Waals surface area contributed by atoms with Crippen LogP contribution in [0, 0.1) is 0 Å². The molecule has 0 bridgehead atoms. The molecule has 114 valence electrons. The molecule has 0 saturated carbocycles. The van der Waals surface area contributed by atoms with Gasteiger partial charge in [0.2, 0.25) is 0 Å². The number of hydrogen-bond acceptors (Lipinski definition) is 5. The third-order valence-corrected chi connectivity index (χ3v) is 4.44. The van der Waals surface area contributed by atoms with Gasteiger partial charge in [0, 0.05) is 16.3 Å². The molecule has 0 saturated heterocycles. The Balaban J connectivity index is 2.18. The van der Waals surface area contributed by atoms with Gasteiger partial charge in [0.1, 0.15) is 5.75 Å². The first kappa shape index (κ1) is 15.7. The summed E-state index contributed by atoms with van der Waals surface area (Å²) in [4.78, 5) is 1.25. The Bertz CT molecular complexity index is 583. The maximum atomic E-state index is 5.36. The summed E-state index contributed by atoms with van der Waals surface area (Å²) in [6.07, 6.45) is 0.876. The highest BCUT2D eigenvalue weighted by Gasteiger charge is 2.14. The van der Waals surface area contributed by atoms with E-state index in [1.54, 1.807) is 32.7 Å². The smallest absolute Gasteiger partial charge is 0.160 e. The fourth-order valence-corrected chi connectivity index (χ4v) is 3.18. The van der Waals surface area contributed by atoms with Crippen molar-refractivity contribution >= 4 is 11.3 Å². The predicted molar refractivity (Wildman–Crippen MR) is 85.9 cm³/mol. The summed E-state index contributed by atoms with van der Waals surface area (Å²) in [7, 11) is 6.96. The Morgan fingerprint density at radius 1 is 1.05 bits per heavy atom. The topological polar surface area (TPSA) is 39.7 Å². The molecule has 0 fully saturated rings. The number of rotatable bonds is 7. The van der Waals surface area contributed by atoms with E-state index in [2.05, 4.69) is 17.4 Å². The normalized spacial score (nSPS) is 12.0. The van der Waals surface area contributed by atoms with Crippen molar-refractivity contribution in [2.45, 2.75) is 12.5 Å². The van der Waals surface area contributed by atoms with Crippen molar-refractivity contribution in [3.8, 4) is 17.2 Å². The van der Waals surface area contributed by atoms with Crippen LogP contribution in [0.2, 0.25) is 0 Å². The first-order valence-electron chi connectivity index (χ1n) is 6.72. The lowest BCUT2D eigenvalue weighted by molar-refractivity contribution is 0.354. The molecule has 0 aliphatic rings. The lowest BCUT2D eigenvalue weighted by Gasteiger charge is -2.16. The van der Waals surface area contributed by atoms with Crippen LogP contribution in [-0.4, -0.2) is 28.4 Å². The molecule has 21 heavy (non-hydrogen) atoms. The van der Waals surface area contributed by atoms with Gasteiger partial charge in [0.15, 0.2) is 11.5 Å². The molecule has 0 amide bonds. The highest BCUT2D eigenvalue weighted by Crippen LogP contribution is 2.32. The van der Waals surface area contributed by atoms with Crippen LogP contribution in [0.25, 0.3) is 0 Å². The molecule has 1 aromatic heterocycles. The second-order valence-corrected chi connectivity index (χ2v) is 5.57. The van der Waals surface area contributed by atoms with Crippen molar-refractivity contribution < 1.29 is 14.2 Å². The third-order valence-electron chi connectivity index (χ3n) is 3.41. The van der Waals surface area contributed by atoms with Gasteiger partial charge in [-0.1, -0.05) is 6.07 Å². The Labute approximate surface area is 129 Å². The van der Waals surface area contributed by atoms with Crippen molar-refractivity contribution in [3.05, 3.63) is 40.1 Å². The average molecular weight is 307 g/mol. The van der Waals surface area contributed by atoms with Crippen molar-refractivity contribution in [2.75, 3.05) is 28.4 Å². The Morgan fingerprint density at radius 3 is 2.38 bits per heavy atom. The summed E-state index contributed by atoms with van der Waals surface area (Å²) in [5.41, 5.74) is 1.19. The Kier molecular flexibility index (Phi) is 5.47. The van der Waals surface area contributed by atoms with Crippen LogP contribution in [-0.2, 0) is 6.42 Å². The van der Waals surface area contributed by atoms with Gasteiger partial charge >= 0.3 is 0 Å². The largest absolute Gasteiger partial charge is 0.496 e. The Morgan fingerprint density at radius 2 is 1.81 bits per heavy atom. The molecule has 2 rings (SSSR count). The lowest BCUT2D eigenvalue weighted by Crippen LogP contribution is -2.17. The monoisotopic (exact) mass is 307 g/mol. The first-order chi connectivity index (χ1) is 10.2. The fraction of sp³-hybridized carbons (Fsp3) is 0.375. The van der Waals surface area contributed by atoms with E-state index in [0.29, 0.717) is 0 Å². The molecular formula is C16H21NO3S. The van der Waals surface area contributed by atoms with E-state index in [0.717, 1.165) is 23.7 Å². The SMILES string of the molecule is CNC(Cc1ccc(OC)c(OC)c1)c1cc(OC)cs1. The van der Waals surface area contributed by atoms with E-state index >= 15 is 0 Å². The second kappa shape index (κ2) is 7.33. The number of nitrogens with one attached hydrogen (secondary N) is 1. The molecule has 1 N–H and O–H groups in total. The molecule has 1 unspecified atom stereocenters. The molecule has 0 spiro atoms. The minimum atomic E-state index is 0.247. The number of hydrogen-bond donors (Lipinski definition) is 1. The van der Waals surface area contributed by atoms with E-state index in [1.165, 1.54) is 10.4 Å². The molecule has 0 aliphatic carbocycles. The minimum Gasteiger partial charge on any atom is -0.496 e. The molecule has 1 heterocycles. The van der Waals surface area contributed by atoms with Crippen LogP contribution >= 0.6 is 11.3 Å². The van der Waals surface area contributed by atoms with Crippen LogP contribution in [0.5, 0.6) is 17.2 Å². The molecule has 2 aromatic rings. The molecule has 4 nitrogen and oxygen atoms in total. The zero-order chi connectivity index (χ0) is 15.2. The third kappa shape index (κ3) is 3.68. The molecule has 5 heteroatoms. The second-order valence-electron chi connectivity index (χ2n) is 4.62. The summed E-state index contributed by atoms with van der Waals surface area (Å²) in [6, 6.07) is 8.35. The molecule has 1 atom stereocenters. The number of benzene rings is 1. The maximum Gasteiger partial charge on any atom is 0.160 e. The average Bonchev–Trinajstić information content (AvgIpc) is 3.01. The van der Waals surface area contributed by atoms with Crippen molar-refractivity contribution in [3.63, 3.8) is 0 Å². The Hall–Kier alpha value is -1.72. The summed E-state index contributed by atoms with van der Waals surface area (Å²) in [5, 5.41) is 5.38. The molecule has 1 aromatic carbocycles. The zero-order valence-corrected chi connectivity index (χ0v) is 13.6. The quantitative estimate of drug-likeness (QED) is 0.852. The maximum absolute atomic E-state index is 5.36. The van der Waals surface area contributed by atoms with Gasteiger partial charge in [-0.05, 0) is 37.2 Å². The summed E-state index contributed by atoms with van der Waals surface area (Å²) < 4.78 is 15.9. The first-order valence-corrected chi connectivity index (χ1v) is 7.60. The van der Waals surface area contributed by atoms with Gasteiger partial charge < -0.3 is 19.5 Å². The van der Waals surface area contributed by atoms with E-state index in [4.69, 9.17) is 14.2 Å². The van der Waals surface area contributed by atoms with Crippen molar-refractivity contribution in [1.82, 2.24) is 5.32 Å². The van der Waals surface area contributed by atoms with Crippen LogP contribution in [0.1, 0.15) is 16.5 Å². The number of methoxy groups -OCH3 is 3. The molecule has 0 aliphatic heterocycles. The lowest BCUT2D eigenvalue weighted by atomic mass is 10.0. The summed E-state index contributed by atoms with van der Waals surface area (Å²) in [6.45, 7) is 0. The molecule has 0 radical (unpaired) electrons. The van der Waals surface area contributed by atoms with Crippen LogP contribution in [0.4, 0.5) is 0 Å². The number of likely N-dealkylation sites (N-methyl/N-ethyl adjacent to an activating group) is 1. The minimum absolute atomic E-state index is 0.247. The van der Waals surface area contributed by atoms with Gasteiger partial charge in [-0.3, -0.25) is 0 Å². The van der Waals surface area contributed by atoms with E-state index in [1.807, 2.05) is 24.6 Å². The fourth-order valence-electron chi connectivity index (χ4n) is 2.21. The predicted octanol–water partition coefficient (Wildman–Crippen LogP) is 3.28. The van der Waals surface area contributed by atoms with E-state index in [9.17, 15) is 0 Å². The number of ether oxygens (including phenoxy) is 3. The van der Waals surface area contributed by atoms with Crippen LogP contribution < -0.4 is 19.5 Å². The summed E-state index contributed by atoms with van der Waals surface area (Å²) in [5.74, 6) is 2.41. The van der Waals surface area contributed by atoms with Gasteiger partial charge in [-0.2, -0.15) is 0 Å². The van der Waals surface area contributed by atoms with Gasteiger partial charge in [0.25, 0.3) is 0 Å². The van der Waals surface area contributed by atoms with E-state index < -0.39 is 0 Å². The van der Waals surface area contributed by atoms with Gasteiger partial charge in [0.05, 0.1) is 21.3 Å². The van der Waals surface area contributed by atoms with Crippen molar-refractivity contribution in [2.24, 2.45) is 0 Å². The van der Waals surface area contributed by atoms with Crippen LogP contribution in [0.3, 0.4) is 0 Å². The van der Waals surface area contributed by atoms with Gasteiger partial charge in [-0.15, -0.1) is 11.3 Å². The van der Waals surface area contributed by atoms with Crippen molar-refractivity contribution in [1.29, 1.82) is 0 Å². The molecular weight excluding hydrogens is 286 g/mol. The highest BCUT2D eigenvalue weighted by molar-refractivity contribution is 7.10. The number of thiophene rings is 1. The summed E-state index contributed by atoms with van der Waals surface area (Å²) >= 11 is 1.70. The zero-order valence-electron chi connectivity index (χ0n) is 12.8. The highest BCUT2D eigenvalue weighted by atomic mass is 32.1. The standard InChI is InChI=1S/C16H21NO3S/c1-17-13(16-9-12(18-2)10-21-16)7-11-5-6-14(19-3)15(8-11)20-4/h5-6,8-10,13,17H,7H2,1-4H3.